The van der Waals surface area contributed by atoms with Crippen LogP contribution in [0.25, 0.3) is 71.3 Å². The Labute approximate surface area is 274 Å². The van der Waals surface area contributed by atoms with Gasteiger partial charge in [0.15, 0.2) is 0 Å². The van der Waals surface area contributed by atoms with Crippen LogP contribution in [0.2, 0.25) is 5.11 Å². The van der Waals surface area contributed by atoms with Gasteiger partial charge < -0.3 is 0 Å². The largest absolute Gasteiger partial charge is 0.297 e. The van der Waals surface area contributed by atoms with Crippen LogP contribution in [0.15, 0.2) is 140 Å². The van der Waals surface area contributed by atoms with Gasteiger partial charge in [0.1, 0.15) is 21.5 Å². The van der Waals surface area contributed by atoms with Crippen molar-refractivity contribution in [2.45, 2.75) is 10.3 Å². The number of hydrogen-bond donors (Lipinski definition) is 0. The fraction of sp³-hybridized carbons (Fsp3) is 0.0513. The number of hydrogen-bond acceptors (Lipinski definition) is 1. The predicted octanol–water partition coefficient (Wildman–Crippen LogP) is 5.21. The molecular weight excluding hydrogens is 551 g/mol. The van der Waals surface area contributed by atoms with E-state index in [1.807, 2.05) is 0 Å². The second-order valence-electron chi connectivity index (χ2n) is 14.0. The molecule has 214 valence electrons. The maximum atomic E-state index is 5.21. The van der Waals surface area contributed by atoms with Gasteiger partial charge in [-0.3, -0.25) is 4.57 Å². The number of fused-ring (bicyclic) bond motifs is 4. The van der Waals surface area contributed by atoms with Gasteiger partial charge in [0.25, 0.3) is 0 Å². The maximum Gasteiger partial charge on any atom is 0.106 e. The first-order valence-electron chi connectivity index (χ1n) is 16.2. The van der Waals surface area contributed by atoms with E-state index in [9.17, 15) is 0 Å². The van der Waals surface area contributed by atoms with E-state index in [0.717, 1.165) is 22.5 Å². The summed E-state index contributed by atoms with van der Waals surface area (Å²) in [5, 5.41) is 7.47. The van der Waals surface area contributed by atoms with E-state index in [1.165, 1.54) is 54.6 Å². The molecule has 0 atom stereocenters. The van der Waals surface area contributed by atoms with E-state index in [1.54, 1.807) is 0 Å². The van der Waals surface area contributed by atoms with Crippen molar-refractivity contribution in [1.82, 2.24) is 9.55 Å². The first kappa shape index (κ1) is 28.6. The van der Waals surface area contributed by atoms with Crippen LogP contribution in [0.1, 0.15) is 5.82 Å². The molecule has 8 rings (SSSR count). The molecule has 2 nitrogen and oxygen atoms in total. The highest BCUT2D eigenvalue weighted by Gasteiger charge is 2.38. The lowest BCUT2D eigenvalue weighted by molar-refractivity contribution is 0.757. The molecule has 0 spiro atoms. The van der Waals surface area contributed by atoms with Crippen molar-refractivity contribution < 1.29 is 0 Å². The Bertz CT molecular complexity index is 2380. The summed E-state index contributed by atoms with van der Waals surface area (Å²) in [7, 11) is 11.5. The summed E-state index contributed by atoms with van der Waals surface area (Å²) >= 11 is 0. The Hall–Kier alpha value is -4.89. The minimum atomic E-state index is -0.158. The van der Waals surface area contributed by atoms with Crippen molar-refractivity contribution in [2.24, 2.45) is 0 Å². The zero-order chi connectivity index (χ0) is 31.6. The molecule has 8 aromatic rings. The molecule has 0 fully saturated rings. The number of aromatic nitrogens is 2. The zero-order valence-corrected chi connectivity index (χ0v) is 27.2. The molecule has 0 unspecified atom stereocenters. The van der Waals surface area contributed by atoms with E-state index in [-0.39, 0.29) is 10.3 Å². The van der Waals surface area contributed by atoms with Crippen molar-refractivity contribution in [3.05, 3.63) is 145 Å². The molecule has 0 aliphatic rings. The normalized spacial score (nSPS) is 12.3. The van der Waals surface area contributed by atoms with Gasteiger partial charge in [0, 0.05) is 5.69 Å². The van der Waals surface area contributed by atoms with Gasteiger partial charge in [-0.15, -0.1) is 5.11 Å². The number of para-hydroxylation sites is 2. The SMILES string of the molecule is BC(B)(B)C(B)(B)c1nc2ccccc2n1-c1ccc(-c2c3ccccc3c(-c3cccc4ccccc34)c3ccccc23)cc1. The Morgan fingerprint density at radius 1 is 0.478 bits per heavy atom. The second-order valence-corrected chi connectivity index (χ2v) is 14.0. The number of rotatable bonds is 5. The molecule has 0 bridgehead atoms. The van der Waals surface area contributed by atoms with E-state index in [2.05, 4.69) is 183 Å². The molecule has 7 aromatic carbocycles. The van der Waals surface area contributed by atoms with E-state index < -0.39 is 0 Å². The minimum absolute atomic E-state index is 0.0235. The average Bonchev–Trinajstić information content (AvgIpc) is 3.47. The lowest BCUT2D eigenvalue weighted by Crippen LogP contribution is -2.45. The Morgan fingerprint density at radius 3 is 1.63 bits per heavy atom. The van der Waals surface area contributed by atoms with Crippen LogP contribution in [-0.4, -0.2) is 48.8 Å². The van der Waals surface area contributed by atoms with Crippen molar-refractivity contribution in [2.75, 3.05) is 0 Å². The molecule has 0 saturated heterocycles. The Morgan fingerprint density at radius 2 is 1.00 bits per heavy atom. The average molecular weight is 584 g/mol. The molecule has 0 saturated carbocycles. The molecule has 7 heteroatoms. The molecule has 1 heterocycles. The van der Waals surface area contributed by atoms with Gasteiger partial charge in [-0.1, -0.05) is 115 Å². The highest BCUT2D eigenvalue weighted by Crippen LogP contribution is 2.45. The van der Waals surface area contributed by atoms with Crippen molar-refractivity contribution in [3.63, 3.8) is 0 Å². The van der Waals surface area contributed by atoms with Crippen LogP contribution >= 0.6 is 0 Å². The Kier molecular flexibility index (Phi) is 6.58. The second kappa shape index (κ2) is 10.6. The zero-order valence-electron chi connectivity index (χ0n) is 27.2. The molecule has 0 aliphatic heterocycles. The van der Waals surface area contributed by atoms with Crippen LogP contribution < -0.4 is 0 Å². The summed E-state index contributed by atoms with van der Waals surface area (Å²) in [5.74, 6) is 1.09. The smallest absolute Gasteiger partial charge is 0.106 e. The fourth-order valence-corrected chi connectivity index (χ4v) is 6.99. The topological polar surface area (TPSA) is 17.8 Å². The number of benzene rings is 7. The van der Waals surface area contributed by atoms with Gasteiger partial charge in [0.2, 0.25) is 0 Å². The van der Waals surface area contributed by atoms with Crippen LogP contribution in [0.3, 0.4) is 0 Å². The van der Waals surface area contributed by atoms with E-state index in [4.69, 9.17) is 4.98 Å². The standard InChI is InChI=1S/C39H33B5N2/c40-38(41,39(42,43)44)37-45-33-18-7-8-19-34(33)46(37)26-22-20-25(21-23-26)35-29-13-3-5-15-31(29)36(32-16-6-4-14-30(32)35)28-17-9-11-24-10-1-2-12-27(24)28/h1-23H,40-44H2. The summed E-state index contributed by atoms with van der Waals surface area (Å²) in [6.07, 6.45) is 0. The molecule has 46 heavy (non-hydrogen) atoms. The third-order valence-electron chi connectivity index (χ3n) is 10.4. The molecule has 0 amide bonds. The third-order valence-corrected chi connectivity index (χ3v) is 10.4. The lowest BCUT2D eigenvalue weighted by Gasteiger charge is -2.39. The summed E-state index contributed by atoms with van der Waals surface area (Å²) in [4.78, 5) is 5.21. The fourth-order valence-electron chi connectivity index (χ4n) is 6.99. The maximum absolute atomic E-state index is 5.21. The highest BCUT2D eigenvalue weighted by molar-refractivity contribution is 6.67. The van der Waals surface area contributed by atoms with Gasteiger partial charge in [-0.05, 0) is 84.1 Å². The Balaban J connectivity index is 1.36. The summed E-state index contributed by atoms with van der Waals surface area (Å²) in [5.41, 5.74) is 8.34. The van der Waals surface area contributed by atoms with Crippen LogP contribution in [0, 0.1) is 0 Å². The van der Waals surface area contributed by atoms with Crippen molar-refractivity contribution in [3.8, 4) is 27.9 Å². The third kappa shape index (κ3) is 4.36. The van der Waals surface area contributed by atoms with Gasteiger partial charge in [-0.25, -0.2) is 4.98 Å². The molecule has 1 aromatic heterocycles. The van der Waals surface area contributed by atoms with E-state index in [0.29, 0.717) is 0 Å². The lowest BCUT2D eigenvalue weighted by atomic mass is 9.23. The minimum Gasteiger partial charge on any atom is -0.297 e. The van der Waals surface area contributed by atoms with Crippen LogP contribution in [0.5, 0.6) is 0 Å². The van der Waals surface area contributed by atoms with Crippen molar-refractivity contribution >= 4 is 82.6 Å². The van der Waals surface area contributed by atoms with E-state index >= 15 is 0 Å². The number of nitrogens with zero attached hydrogens (tertiary/aromatic N) is 2. The first-order chi connectivity index (χ1) is 22.2. The quantitative estimate of drug-likeness (QED) is 0.201. The number of imidazole rings is 1. The molecule has 0 radical (unpaired) electrons. The highest BCUT2D eigenvalue weighted by atomic mass is 15.1. The van der Waals surface area contributed by atoms with Crippen LogP contribution in [-0.2, 0) is 5.21 Å². The summed E-state index contributed by atoms with van der Waals surface area (Å²) in [6, 6.07) is 50.8. The van der Waals surface area contributed by atoms with Gasteiger partial charge >= 0.3 is 0 Å². The molecular formula is C39H33B5N2. The van der Waals surface area contributed by atoms with Gasteiger partial charge in [0.05, 0.1) is 34.6 Å². The predicted molar refractivity (Wildman–Crippen MR) is 212 cm³/mol. The summed E-state index contributed by atoms with van der Waals surface area (Å²) < 4.78 is 2.37. The van der Waals surface area contributed by atoms with Crippen LogP contribution in [0.4, 0.5) is 0 Å². The monoisotopic (exact) mass is 584 g/mol. The first-order valence-corrected chi connectivity index (χ1v) is 16.2. The molecule has 0 N–H and O–H groups in total. The van der Waals surface area contributed by atoms with Gasteiger partial charge in [-0.2, -0.15) is 0 Å². The molecule has 0 aliphatic carbocycles. The van der Waals surface area contributed by atoms with Crippen molar-refractivity contribution in [1.29, 1.82) is 0 Å². The summed E-state index contributed by atoms with van der Waals surface area (Å²) in [6.45, 7) is 0.